The predicted octanol–water partition coefficient (Wildman–Crippen LogP) is 1.67. The molecule has 2 aromatic rings. The van der Waals surface area contributed by atoms with E-state index in [4.69, 9.17) is 0 Å². The Balaban J connectivity index is 1.94. The van der Waals surface area contributed by atoms with E-state index in [0.29, 0.717) is 18.0 Å². The second kappa shape index (κ2) is 6.23. The van der Waals surface area contributed by atoms with Gasteiger partial charge in [0.25, 0.3) is 5.91 Å². The summed E-state index contributed by atoms with van der Waals surface area (Å²) in [4.78, 5) is 26.6. The Morgan fingerprint density at radius 2 is 1.95 bits per heavy atom. The van der Waals surface area contributed by atoms with Crippen molar-refractivity contribution in [3.63, 3.8) is 0 Å². The standard InChI is InChI=1S/C15H19N3O2/c1-10(2)7-17-14(19)9-18-15(20)12-8-16-13-6-4-3-5-11(12)13/h3-6,8,10,16H,7,9H2,1-2H3,(H,17,19)(H,18,20). The van der Waals surface area contributed by atoms with Crippen molar-refractivity contribution in [2.45, 2.75) is 13.8 Å². The lowest BCUT2D eigenvalue weighted by Crippen LogP contribution is -2.38. The fourth-order valence-electron chi connectivity index (χ4n) is 1.90. The first-order valence-corrected chi connectivity index (χ1v) is 6.69. The Bertz CT molecular complexity index is 616. The van der Waals surface area contributed by atoms with Crippen LogP contribution in [-0.2, 0) is 4.79 Å². The lowest BCUT2D eigenvalue weighted by molar-refractivity contribution is -0.120. The lowest BCUT2D eigenvalue weighted by Gasteiger charge is -2.08. The number of carbonyl (C=O) groups is 2. The van der Waals surface area contributed by atoms with Gasteiger partial charge in [0.1, 0.15) is 0 Å². The van der Waals surface area contributed by atoms with Crippen molar-refractivity contribution in [2.75, 3.05) is 13.1 Å². The molecule has 5 heteroatoms. The second-order valence-corrected chi connectivity index (χ2v) is 5.13. The number of benzene rings is 1. The minimum atomic E-state index is -0.248. The van der Waals surface area contributed by atoms with Gasteiger partial charge in [-0.1, -0.05) is 32.0 Å². The van der Waals surface area contributed by atoms with Gasteiger partial charge in [-0.05, 0) is 12.0 Å². The van der Waals surface area contributed by atoms with E-state index >= 15 is 0 Å². The average Bonchev–Trinajstić information content (AvgIpc) is 2.86. The first-order valence-electron chi connectivity index (χ1n) is 6.69. The maximum absolute atomic E-state index is 12.1. The van der Waals surface area contributed by atoms with E-state index < -0.39 is 0 Å². The van der Waals surface area contributed by atoms with E-state index in [1.165, 1.54) is 0 Å². The summed E-state index contributed by atoms with van der Waals surface area (Å²) in [5.74, 6) is -0.0303. The summed E-state index contributed by atoms with van der Waals surface area (Å²) in [5.41, 5.74) is 1.46. The number of H-pyrrole nitrogens is 1. The fraction of sp³-hybridized carbons (Fsp3) is 0.333. The first kappa shape index (κ1) is 14.1. The Kier molecular flexibility index (Phi) is 4.40. The highest BCUT2D eigenvalue weighted by Gasteiger charge is 2.12. The van der Waals surface area contributed by atoms with E-state index in [1.54, 1.807) is 6.20 Å². The smallest absolute Gasteiger partial charge is 0.253 e. The van der Waals surface area contributed by atoms with Gasteiger partial charge in [-0.3, -0.25) is 9.59 Å². The number of aromatic amines is 1. The maximum Gasteiger partial charge on any atom is 0.253 e. The Labute approximate surface area is 117 Å². The number of amides is 2. The SMILES string of the molecule is CC(C)CNC(=O)CNC(=O)c1c[nH]c2ccccc12. The molecule has 0 saturated carbocycles. The number of carbonyl (C=O) groups excluding carboxylic acids is 2. The molecule has 0 fully saturated rings. The molecule has 3 N–H and O–H groups in total. The highest BCUT2D eigenvalue weighted by Crippen LogP contribution is 2.17. The summed E-state index contributed by atoms with van der Waals surface area (Å²) in [7, 11) is 0. The van der Waals surface area contributed by atoms with E-state index in [-0.39, 0.29) is 18.4 Å². The predicted molar refractivity (Wildman–Crippen MR) is 78.5 cm³/mol. The van der Waals surface area contributed by atoms with Crippen LogP contribution in [0.2, 0.25) is 0 Å². The van der Waals surface area contributed by atoms with Crippen molar-refractivity contribution < 1.29 is 9.59 Å². The lowest BCUT2D eigenvalue weighted by atomic mass is 10.1. The molecule has 1 aromatic carbocycles. The van der Waals surface area contributed by atoms with E-state index in [0.717, 1.165) is 10.9 Å². The fourth-order valence-corrected chi connectivity index (χ4v) is 1.90. The number of hydrogen-bond donors (Lipinski definition) is 3. The number of fused-ring (bicyclic) bond motifs is 1. The molecule has 0 unspecified atom stereocenters. The van der Waals surface area contributed by atoms with Crippen LogP contribution in [0.1, 0.15) is 24.2 Å². The molecule has 0 saturated heterocycles. The molecule has 106 valence electrons. The molecule has 2 amide bonds. The highest BCUT2D eigenvalue weighted by molar-refractivity contribution is 6.07. The van der Waals surface area contributed by atoms with Gasteiger partial charge in [-0.25, -0.2) is 0 Å². The number of aromatic nitrogens is 1. The monoisotopic (exact) mass is 273 g/mol. The number of rotatable bonds is 5. The van der Waals surface area contributed by atoms with E-state index in [1.807, 2.05) is 38.1 Å². The molecule has 0 bridgehead atoms. The molecule has 2 rings (SSSR count). The van der Waals surface area contributed by atoms with Crippen LogP contribution in [0.5, 0.6) is 0 Å². The molecular weight excluding hydrogens is 254 g/mol. The van der Waals surface area contributed by atoms with Crippen LogP contribution >= 0.6 is 0 Å². The number of nitrogens with one attached hydrogen (secondary N) is 3. The van der Waals surface area contributed by atoms with E-state index in [2.05, 4.69) is 15.6 Å². The van der Waals surface area contributed by atoms with Crippen LogP contribution in [0.15, 0.2) is 30.5 Å². The van der Waals surface area contributed by atoms with Crippen molar-refractivity contribution in [3.05, 3.63) is 36.0 Å². The molecule has 0 spiro atoms. The van der Waals surface area contributed by atoms with Crippen LogP contribution in [0.3, 0.4) is 0 Å². The number of para-hydroxylation sites is 1. The van der Waals surface area contributed by atoms with Crippen molar-refractivity contribution in [2.24, 2.45) is 5.92 Å². The van der Waals surface area contributed by atoms with Crippen molar-refractivity contribution in [3.8, 4) is 0 Å². The van der Waals surface area contributed by atoms with Crippen LogP contribution in [-0.4, -0.2) is 29.9 Å². The average molecular weight is 273 g/mol. The van der Waals surface area contributed by atoms with Crippen molar-refractivity contribution in [1.82, 2.24) is 15.6 Å². The van der Waals surface area contributed by atoms with Gasteiger partial charge in [0.2, 0.25) is 5.91 Å². The van der Waals surface area contributed by atoms with Gasteiger partial charge in [0.15, 0.2) is 0 Å². The third kappa shape index (κ3) is 3.38. The summed E-state index contributed by atoms with van der Waals surface area (Å²) in [6.45, 7) is 4.64. The van der Waals surface area contributed by atoms with Gasteiger partial charge in [-0.15, -0.1) is 0 Å². The molecule has 0 aliphatic rings. The summed E-state index contributed by atoms with van der Waals surface area (Å²) < 4.78 is 0. The van der Waals surface area contributed by atoms with Crippen LogP contribution < -0.4 is 10.6 Å². The first-order chi connectivity index (χ1) is 9.58. The summed E-state index contributed by atoms with van der Waals surface area (Å²) in [6.07, 6.45) is 1.66. The third-order valence-electron chi connectivity index (χ3n) is 2.95. The van der Waals surface area contributed by atoms with Crippen LogP contribution in [0, 0.1) is 5.92 Å². The summed E-state index contributed by atoms with van der Waals surface area (Å²) in [6, 6.07) is 7.56. The Morgan fingerprint density at radius 3 is 2.70 bits per heavy atom. The highest BCUT2D eigenvalue weighted by atomic mass is 16.2. The minimum Gasteiger partial charge on any atom is -0.360 e. The molecule has 20 heavy (non-hydrogen) atoms. The Morgan fingerprint density at radius 1 is 1.20 bits per heavy atom. The molecule has 0 atom stereocenters. The quantitative estimate of drug-likeness (QED) is 0.775. The third-order valence-corrected chi connectivity index (χ3v) is 2.95. The summed E-state index contributed by atoms with van der Waals surface area (Å²) >= 11 is 0. The summed E-state index contributed by atoms with van der Waals surface area (Å²) in [5, 5.41) is 6.24. The molecule has 1 aromatic heterocycles. The topological polar surface area (TPSA) is 74.0 Å². The van der Waals surface area contributed by atoms with Gasteiger partial charge >= 0.3 is 0 Å². The van der Waals surface area contributed by atoms with Gasteiger partial charge in [0.05, 0.1) is 12.1 Å². The normalized spacial score (nSPS) is 10.8. The van der Waals surface area contributed by atoms with Gasteiger partial charge in [-0.2, -0.15) is 0 Å². The van der Waals surface area contributed by atoms with Gasteiger partial charge in [0, 0.05) is 23.6 Å². The van der Waals surface area contributed by atoms with Crippen LogP contribution in [0.4, 0.5) is 0 Å². The molecule has 0 aliphatic heterocycles. The van der Waals surface area contributed by atoms with E-state index in [9.17, 15) is 9.59 Å². The second-order valence-electron chi connectivity index (χ2n) is 5.13. The largest absolute Gasteiger partial charge is 0.360 e. The number of hydrogen-bond acceptors (Lipinski definition) is 2. The molecule has 0 radical (unpaired) electrons. The molecule has 5 nitrogen and oxygen atoms in total. The van der Waals surface area contributed by atoms with Crippen molar-refractivity contribution in [1.29, 1.82) is 0 Å². The Hall–Kier alpha value is -2.30. The minimum absolute atomic E-state index is 0.00887. The zero-order valence-corrected chi connectivity index (χ0v) is 11.7. The van der Waals surface area contributed by atoms with Crippen molar-refractivity contribution >= 4 is 22.7 Å². The van der Waals surface area contributed by atoms with Crippen LogP contribution in [0.25, 0.3) is 10.9 Å². The molecule has 0 aliphatic carbocycles. The maximum atomic E-state index is 12.1. The molecule has 1 heterocycles. The zero-order valence-electron chi connectivity index (χ0n) is 11.7. The molecular formula is C15H19N3O2. The zero-order chi connectivity index (χ0) is 14.5. The van der Waals surface area contributed by atoms with Gasteiger partial charge < -0.3 is 15.6 Å².